The third-order valence-electron chi connectivity index (χ3n) is 2.58. The predicted octanol–water partition coefficient (Wildman–Crippen LogP) is 0.782. The van der Waals surface area contributed by atoms with Crippen molar-refractivity contribution in [2.24, 2.45) is 5.41 Å². The first-order chi connectivity index (χ1) is 7.28. The number of piperidine rings is 1. The second-order valence-corrected chi connectivity index (χ2v) is 5.17. The smallest absolute Gasteiger partial charge is 0.325 e. The largest absolute Gasteiger partial charge is 0.480 e. The summed E-state index contributed by atoms with van der Waals surface area (Å²) in [4.78, 5) is 23.2. The first-order valence-electron chi connectivity index (χ1n) is 5.45. The maximum absolute atomic E-state index is 11.9. The summed E-state index contributed by atoms with van der Waals surface area (Å²) in [5, 5.41) is 12.2. The van der Waals surface area contributed by atoms with Crippen molar-refractivity contribution in [2.45, 2.75) is 39.2 Å². The standard InChI is InChI=1S/C11H19NO4/c1-10(2,3)16-9(15)11(8(13)14)5-4-6-12-7-11/h12H,4-7H2,1-3H3,(H,13,14). The molecule has 1 rings (SSSR count). The minimum atomic E-state index is -1.41. The maximum Gasteiger partial charge on any atom is 0.325 e. The Hall–Kier alpha value is -1.10. The zero-order valence-electron chi connectivity index (χ0n) is 10.0. The lowest BCUT2D eigenvalue weighted by atomic mass is 9.80. The summed E-state index contributed by atoms with van der Waals surface area (Å²) in [6, 6.07) is 0. The van der Waals surface area contributed by atoms with Gasteiger partial charge in [0, 0.05) is 6.54 Å². The third kappa shape index (κ3) is 2.72. The van der Waals surface area contributed by atoms with Crippen LogP contribution in [-0.4, -0.2) is 35.7 Å². The number of carbonyl (C=O) groups excluding carboxylic acids is 1. The van der Waals surface area contributed by atoms with Crippen molar-refractivity contribution in [1.82, 2.24) is 5.32 Å². The second kappa shape index (κ2) is 4.41. The zero-order valence-corrected chi connectivity index (χ0v) is 10.0. The topological polar surface area (TPSA) is 75.6 Å². The first-order valence-corrected chi connectivity index (χ1v) is 5.45. The van der Waals surface area contributed by atoms with E-state index in [4.69, 9.17) is 4.74 Å². The molecule has 1 fully saturated rings. The molecule has 1 aliphatic heterocycles. The number of hydrogen-bond donors (Lipinski definition) is 2. The van der Waals surface area contributed by atoms with Gasteiger partial charge in [0.15, 0.2) is 5.41 Å². The maximum atomic E-state index is 11.9. The monoisotopic (exact) mass is 229 g/mol. The summed E-state index contributed by atoms with van der Waals surface area (Å²) in [6.45, 7) is 6.10. The lowest BCUT2D eigenvalue weighted by molar-refractivity contribution is -0.178. The van der Waals surface area contributed by atoms with Crippen LogP contribution in [-0.2, 0) is 14.3 Å². The molecule has 1 saturated heterocycles. The molecule has 5 nitrogen and oxygen atoms in total. The molecule has 2 N–H and O–H groups in total. The van der Waals surface area contributed by atoms with Gasteiger partial charge in [-0.3, -0.25) is 9.59 Å². The van der Waals surface area contributed by atoms with Crippen LogP contribution in [0.3, 0.4) is 0 Å². The Kier molecular flexibility index (Phi) is 3.57. The Labute approximate surface area is 95.2 Å². The minimum absolute atomic E-state index is 0.150. The zero-order chi connectivity index (χ0) is 12.4. The molecule has 0 amide bonds. The second-order valence-electron chi connectivity index (χ2n) is 5.17. The Morgan fingerprint density at radius 2 is 2.00 bits per heavy atom. The molecule has 0 radical (unpaired) electrons. The molecule has 0 aromatic carbocycles. The van der Waals surface area contributed by atoms with E-state index in [1.165, 1.54) is 0 Å². The molecule has 92 valence electrons. The van der Waals surface area contributed by atoms with Crippen molar-refractivity contribution >= 4 is 11.9 Å². The Morgan fingerprint density at radius 3 is 2.38 bits per heavy atom. The Bertz CT molecular complexity index is 287. The summed E-state index contributed by atoms with van der Waals surface area (Å²) in [7, 11) is 0. The van der Waals surface area contributed by atoms with E-state index in [1.54, 1.807) is 20.8 Å². The summed E-state index contributed by atoms with van der Waals surface area (Å²) in [5.74, 6) is -1.74. The van der Waals surface area contributed by atoms with E-state index in [2.05, 4.69) is 5.32 Å². The van der Waals surface area contributed by atoms with Gasteiger partial charge in [0.25, 0.3) is 0 Å². The molecule has 0 aromatic heterocycles. The molecule has 0 aromatic rings. The van der Waals surface area contributed by atoms with Crippen LogP contribution in [0.15, 0.2) is 0 Å². The Morgan fingerprint density at radius 1 is 1.38 bits per heavy atom. The number of carboxylic acids is 1. The molecule has 1 heterocycles. The van der Waals surface area contributed by atoms with Crippen molar-refractivity contribution in [3.05, 3.63) is 0 Å². The molecular formula is C11H19NO4. The molecule has 0 saturated carbocycles. The van der Waals surface area contributed by atoms with E-state index >= 15 is 0 Å². The number of rotatable bonds is 2. The lowest BCUT2D eigenvalue weighted by Crippen LogP contribution is -2.52. The van der Waals surface area contributed by atoms with E-state index in [1.807, 2.05) is 0 Å². The SMILES string of the molecule is CC(C)(C)OC(=O)C1(C(=O)O)CCCNC1. The van der Waals surface area contributed by atoms with Crippen LogP contribution in [0, 0.1) is 5.41 Å². The van der Waals surface area contributed by atoms with Crippen LogP contribution in [0.4, 0.5) is 0 Å². The van der Waals surface area contributed by atoms with Crippen molar-refractivity contribution in [3.63, 3.8) is 0 Å². The highest BCUT2D eigenvalue weighted by Crippen LogP contribution is 2.30. The third-order valence-corrected chi connectivity index (χ3v) is 2.58. The summed E-state index contributed by atoms with van der Waals surface area (Å²) in [6.07, 6.45) is 1.01. The molecule has 0 aliphatic carbocycles. The highest BCUT2D eigenvalue weighted by molar-refractivity contribution is 5.99. The molecule has 1 aliphatic rings. The van der Waals surface area contributed by atoms with E-state index < -0.39 is 23.0 Å². The number of carbonyl (C=O) groups is 2. The van der Waals surface area contributed by atoms with Crippen molar-refractivity contribution < 1.29 is 19.4 Å². The fourth-order valence-electron chi connectivity index (χ4n) is 1.73. The number of esters is 1. The summed E-state index contributed by atoms with van der Waals surface area (Å²) < 4.78 is 5.18. The van der Waals surface area contributed by atoms with Crippen LogP contribution in [0.2, 0.25) is 0 Å². The van der Waals surface area contributed by atoms with E-state index in [0.29, 0.717) is 12.8 Å². The molecule has 1 unspecified atom stereocenters. The van der Waals surface area contributed by atoms with Crippen LogP contribution in [0.5, 0.6) is 0 Å². The van der Waals surface area contributed by atoms with Gasteiger partial charge >= 0.3 is 11.9 Å². The van der Waals surface area contributed by atoms with E-state index in [0.717, 1.165) is 6.54 Å². The van der Waals surface area contributed by atoms with E-state index in [-0.39, 0.29) is 6.54 Å². The number of aliphatic carboxylic acids is 1. The van der Waals surface area contributed by atoms with Gasteiger partial charge in [-0.2, -0.15) is 0 Å². The van der Waals surface area contributed by atoms with Gasteiger partial charge in [-0.05, 0) is 40.2 Å². The van der Waals surface area contributed by atoms with Crippen molar-refractivity contribution in [1.29, 1.82) is 0 Å². The van der Waals surface area contributed by atoms with Gasteiger partial charge < -0.3 is 15.2 Å². The van der Waals surface area contributed by atoms with Crippen LogP contribution in [0.25, 0.3) is 0 Å². The molecule has 0 bridgehead atoms. The van der Waals surface area contributed by atoms with E-state index in [9.17, 15) is 14.7 Å². The van der Waals surface area contributed by atoms with Gasteiger partial charge in [0.2, 0.25) is 0 Å². The van der Waals surface area contributed by atoms with Crippen LogP contribution in [0.1, 0.15) is 33.6 Å². The number of carboxylic acid groups (broad SMARTS) is 1. The number of ether oxygens (including phenoxy) is 1. The number of hydrogen-bond acceptors (Lipinski definition) is 4. The lowest BCUT2D eigenvalue weighted by Gasteiger charge is -2.34. The van der Waals surface area contributed by atoms with Gasteiger partial charge in [-0.1, -0.05) is 0 Å². The summed E-state index contributed by atoms with van der Waals surface area (Å²) >= 11 is 0. The first kappa shape index (κ1) is 13.0. The average molecular weight is 229 g/mol. The molecular weight excluding hydrogens is 210 g/mol. The molecule has 5 heteroatoms. The van der Waals surface area contributed by atoms with Crippen molar-refractivity contribution in [3.8, 4) is 0 Å². The highest BCUT2D eigenvalue weighted by atomic mass is 16.6. The normalized spacial score (nSPS) is 26.2. The molecule has 0 spiro atoms. The fourth-order valence-corrected chi connectivity index (χ4v) is 1.73. The van der Waals surface area contributed by atoms with Gasteiger partial charge in [0.1, 0.15) is 5.60 Å². The summed E-state index contributed by atoms with van der Waals surface area (Å²) in [5.41, 5.74) is -2.07. The van der Waals surface area contributed by atoms with Gasteiger partial charge in [-0.15, -0.1) is 0 Å². The van der Waals surface area contributed by atoms with Gasteiger partial charge in [0.05, 0.1) is 0 Å². The molecule has 1 atom stereocenters. The van der Waals surface area contributed by atoms with Crippen LogP contribution >= 0.6 is 0 Å². The fraction of sp³-hybridized carbons (Fsp3) is 0.818. The van der Waals surface area contributed by atoms with Crippen LogP contribution < -0.4 is 5.32 Å². The average Bonchev–Trinajstić information content (AvgIpc) is 2.16. The quantitative estimate of drug-likeness (QED) is 0.540. The van der Waals surface area contributed by atoms with Crippen molar-refractivity contribution in [2.75, 3.05) is 13.1 Å². The Balaban J connectivity index is 2.85. The minimum Gasteiger partial charge on any atom is -0.480 e. The van der Waals surface area contributed by atoms with Gasteiger partial charge in [-0.25, -0.2) is 0 Å². The predicted molar refractivity (Wildman–Crippen MR) is 58.0 cm³/mol. The molecule has 16 heavy (non-hydrogen) atoms. The highest BCUT2D eigenvalue weighted by Gasteiger charge is 2.49. The number of nitrogens with one attached hydrogen (secondary N) is 1.